The quantitative estimate of drug-likeness (QED) is 0.893. The first kappa shape index (κ1) is 12.9. The van der Waals surface area contributed by atoms with Gasteiger partial charge in [-0.05, 0) is 37.6 Å². The highest BCUT2D eigenvalue weighted by Crippen LogP contribution is 2.29. The molecule has 0 unspecified atom stereocenters. The van der Waals surface area contributed by atoms with E-state index in [4.69, 9.17) is 0 Å². The standard InChI is InChI=1S/C15H15N3O/c1-10-7-11(2)17-15(14(10)9-16)18(3)12-5-4-6-13(19)8-12/h4-8,19H,1-3H3. The molecule has 0 aliphatic carbocycles. The molecule has 4 heteroatoms. The number of hydrogen-bond acceptors (Lipinski definition) is 4. The maximum Gasteiger partial charge on any atom is 0.151 e. The lowest BCUT2D eigenvalue weighted by atomic mass is 10.1. The van der Waals surface area contributed by atoms with Crippen molar-refractivity contribution in [2.75, 3.05) is 11.9 Å². The average molecular weight is 253 g/mol. The van der Waals surface area contributed by atoms with E-state index in [2.05, 4.69) is 11.1 Å². The number of aryl methyl sites for hydroxylation is 2. The Bertz CT molecular complexity index is 659. The maximum atomic E-state index is 9.53. The van der Waals surface area contributed by atoms with Crippen molar-refractivity contribution in [2.45, 2.75) is 13.8 Å². The molecule has 4 nitrogen and oxygen atoms in total. The first-order valence-electron chi connectivity index (χ1n) is 5.94. The van der Waals surface area contributed by atoms with Crippen molar-refractivity contribution in [3.05, 3.63) is 47.2 Å². The number of phenols is 1. The number of aromatic nitrogens is 1. The van der Waals surface area contributed by atoms with Crippen molar-refractivity contribution >= 4 is 11.5 Å². The van der Waals surface area contributed by atoms with Crippen molar-refractivity contribution in [3.8, 4) is 11.8 Å². The van der Waals surface area contributed by atoms with E-state index in [9.17, 15) is 10.4 Å². The second kappa shape index (κ2) is 4.99. The van der Waals surface area contributed by atoms with Gasteiger partial charge in [0.05, 0.1) is 5.56 Å². The number of rotatable bonds is 2. The second-order valence-corrected chi connectivity index (χ2v) is 4.47. The Morgan fingerprint density at radius 2 is 2.00 bits per heavy atom. The highest BCUT2D eigenvalue weighted by atomic mass is 16.3. The summed E-state index contributed by atoms with van der Waals surface area (Å²) in [6, 6.07) is 10.9. The van der Waals surface area contributed by atoms with Crippen molar-refractivity contribution in [3.63, 3.8) is 0 Å². The number of hydrogen-bond donors (Lipinski definition) is 1. The van der Waals surface area contributed by atoms with Crippen LogP contribution in [0.2, 0.25) is 0 Å². The van der Waals surface area contributed by atoms with Gasteiger partial charge in [-0.3, -0.25) is 0 Å². The molecule has 0 fully saturated rings. The summed E-state index contributed by atoms with van der Waals surface area (Å²) >= 11 is 0. The van der Waals surface area contributed by atoms with Crippen LogP contribution in [0.15, 0.2) is 30.3 Å². The van der Waals surface area contributed by atoms with E-state index >= 15 is 0 Å². The maximum absolute atomic E-state index is 9.53. The number of benzene rings is 1. The van der Waals surface area contributed by atoms with E-state index in [0.29, 0.717) is 11.4 Å². The predicted octanol–water partition coefficient (Wildman–Crippen LogP) is 3.04. The Morgan fingerprint density at radius 1 is 1.26 bits per heavy atom. The van der Waals surface area contributed by atoms with E-state index in [1.807, 2.05) is 33.0 Å². The summed E-state index contributed by atoms with van der Waals surface area (Å²) in [5.41, 5.74) is 3.10. The average Bonchev–Trinajstić information content (AvgIpc) is 2.37. The molecule has 0 aliphatic rings. The van der Waals surface area contributed by atoms with Gasteiger partial charge in [0.2, 0.25) is 0 Å². The minimum Gasteiger partial charge on any atom is -0.508 e. The van der Waals surface area contributed by atoms with Gasteiger partial charge in [0.15, 0.2) is 5.82 Å². The van der Waals surface area contributed by atoms with Crippen LogP contribution in [0.1, 0.15) is 16.8 Å². The van der Waals surface area contributed by atoms with Crippen LogP contribution in [0.4, 0.5) is 11.5 Å². The molecule has 0 bridgehead atoms. The molecule has 96 valence electrons. The summed E-state index contributed by atoms with van der Waals surface area (Å²) in [6.07, 6.45) is 0. The molecule has 1 N–H and O–H groups in total. The summed E-state index contributed by atoms with van der Waals surface area (Å²) in [7, 11) is 1.83. The summed E-state index contributed by atoms with van der Waals surface area (Å²) < 4.78 is 0. The fourth-order valence-electron chi connectivity index (χ4n) is 2.02. The smallest absolute Gasteiger partial charge is 0.151 e. The fraction of sp³-hybridized carbons (Fsp3) is 0.200. The largest absolute Gasteiger partial charge is 0.508 e. The van der Waals surface area contributed by atoms with Crippen LogP contribution in [0.3, 0.4) is 0 Å². The Balaban J connectivity index is 2.56. The molecule has 19 heavy (non-hydrogen) atoms. The summed E-state index contributed by atoms with van der Waals surface area (Å²) in [4.78, 5) is 6.24. The van der Waals surface area contributed by atoms with Crippen LogP contribution < -0.4 is 4.90 Å². The van der Waals surface area contributed by atoms with E-state index in [0.717, 1.165) is 16.9 Å². The van der Waals surface area contributed by atoms with Gasteiger partial charge in [0.25, 0.3) is 0 Å². The van der Waals surface area contributed by atoms with Gasteiger partial charge in [-0.1, -0.05) is 6.07 Å². The Labute approximate surface area is 112 Å². The topological polar surface area (TPSA) is 60.2 Å². The molecular weight excluding hydrogens is 238 g/mol. The molecule has 0 radical (unpaired) electrons. The van der Waals surface area contributed by atoms with E-state index in [1.165, 1.54) is 0 Å². The van der Waals surface area contributed by atoms with Gasteiger partial charge in [0.1, 0.15) is 11.8 Å². The zero-order chi connectivity index (χ0) is 14.0. The number of pyridine rings is 1. The molecule has 0 saturated carbocycles. The third-order valence-electron chi connectivity index (χ3n) is 2.97. The van der Waals surface area contributed by atoms with Gasteiger partial charge in [-0.15, -0.1) is 0 Å². The molecule has 0 saturated heterocycles. The molecule has 1 aromatic carbocycles. The van der Waals surface area contributed by atoms with E-state index in [1.54, 1.807) is 23.1 Å². The number of nitriles is 1. The molecule has 2 aromatic rings. The van der Waals surface area contributed by atoms with Crippen molar-refractivity contribution in [2.24, 2.45) is 0 Å². The molecule has 1 heterocycles. The number of phenolic OH excluding ortho intramolecular Hbond substituents is 1. The monoisotopic (exact) mass is 253 g/mol. The molecular formula is C15H15N3O. The molecule has 1 aromatic heterocycles. The van der Waals surface area contributed by atoms with Crippen LogP contribution >= 0.6 is 0 Å². The molecule has 0 aliphatic heterocycles. The van der Waals surface area contributed by atoms with Crippen LogP contribution in [-0.2, 0) is 0 Å². The highest BCUT2D eigenvalue weighted by Gasteiger charge is 2.14. The molecule has 2 rings (SSSR count). The number of aromatic hydroxyl groups is 1. The predicted molar refractivity (Wildman–Crippen MR) is 74.6 cm³/mol. The number of anilines is 2. The zero-order valence-corrected chi connectivity index (χ0v) is 11.2. The highest BCUT2D eigenvalue weighted by molar-refractivity contribution is 5.67. The van der Waals surface area contributed by atoms with Crippen LogP contribution in [-0.4, -0.2) is 17.1 Å². The Kier molecular flexibility index (Phi) is 3.39. The summed E-state index contributed by atoms with van der Waals surface area (Å²) in [6.45, 7) is 3.79. The number of nitrogens with zero attached hydrogens (tertiary/aromatic N) is 3. The minimum atomic E-state index is 0.187. The fourth-order valence-corrected chi connectivity index (χ4v) is 2.02. The first-order chi connectivity index (χ1) is 9.02. The van der Waals surface area contributed by atoms with Gasteiger partial charge in [-0.25, -0.2) is 4.98 Å². The summed E-state index contributed by atoms with van der Waals surface area (Å²) in [5, 5.41) is 18.8. The van der Waals surface area contributed by atoms with Gasteiger partial charge >= 0.3 is 0 Å². The third-order valence-corrected chi connectivity index (χ3v) is 2.97. The first-order valence-corrected chi connectivity index (χ1v) is 5.94. The molecule has 0 atom stereocenters. The van der Waals surface area contributed by atoms with Crippen LogP contribution in [0, 0.1) is 25.2 Å². The lowest BCUT2D eigenvalue weighted by Crippen LogP contribution is -2.14. The zero-order valence-electron chi connectivity index (χ0n) is 11.2. The van der Waals surface area contributed by atoms with Gasteiger partial charge in [0, 0.05) is 24.5 Å². The lowest BCUT2D eigenvalue weighted by Gasteiger charge is -2.21. The van der Waals surface area contributed by atoms with E-state index in [-0.39, 0.29) is 5.75 Å². The van der Waals surface area contributed by atoms with Gasteiger partial charge < -0.3 is 10.0 Å². The van der Waals surface area contributed by atoms with E-state index < -0.39 is 0 Å². The SMILES string of the molecule is Cc1cc(C)c(C#N)c(N(C)c2cccc(O)c2)n1. The summed E-state index contributed by atoms with van der Waals surface area (Å²) in [5.74, 6) is 0.790. The molecule has 0 amide bonds. The third kappa shape index (κ3) is 2.50. The Morgan fingerprint density at radius 3 is 2.63 bits per heavy atom. The Hall–Kier alpha value is -2.54. The minimum absolute atomic E-state index is 0.187. The second-order valence-electron chi connectivity index (χ2n) is 4.47. The lowest BCUT2D eigenvalue weighted by molar-refractivity contribution is 0.475. The van der Waals surface area contributed by atoms with Crippen molar-refractivity contribution < 1.29 is 5.11 Å². The van der Waals surface area contributed by atoms with Crippen LogP contribution in [0.25, 0.3) is 0 Å². The van der Waals surface area contributed by atoms with Crippen LogP contribution in [0.5, 0.6) is 5.75 Å². The van der Waals surface area contributed by atoms with Crippen molar-refractivity contribution in [1.82, 2.24) is 4.98 Å². The molecule has 0 spiro atoms. The van der Waals surface area contributed by atoms with Crippen molar-refractivity contribution in [1.29, 1.82) is 5.26 Å². The van der Waals surface area contributed by atoms with Gasteiger partial charge in [-0.2, -0.15) is 5.26 Å². The normalized spacial score (nSPS) is 10.0.